The summed E-state index contributed by atoms with van der Waals surface area (Å²) in [6.45, 7) is 5.68. The summed E-state index contributed by atoms with van der Waals surface area (Å²) in [5, 5.41) is 3.00. The van der Waals surface area contributed by atoms with Crippen LogP contribution in [0.3, 0.4) is 0 Å². The average molecular weight is 279 g/mol. The number of carbonyl (C=O) groups excluding carboxylic acids is 2. The van der Waals surface area contributed by atoms with E-state index in [1.54, 1.807) is 13.0 Å². The van der Waals surface area contributed by atoms with Crippen molar-refractivity contribution in [3.05, 3.63) is 29.8 Å². The Balaban J connectivity index is 2.50. The van der Waals surface area contributed by atoms with E-state index >= 15 is 0 Å². The monoisotopic (exact) mass is 279 g/mol. The van der Waals surface area contributed by atoms with E-state index in [0.29, 0.717) is 11.3 Å². The van der Waals surface area contributed by atoms with Gasteiger partial charge in [-0.25, -0.2) is 0 Å². The molecule has 0 saturated carbocycles. The van der Waals surface area contributed by atoms with Crippen molar-refractivity contribution < 1.29 is 9.59 Å². The van der Waals surface area contributed by atoms with Crippen molar-refractivity contribution in [2.75, 3.05) is 5.75 Å². The Hall–Kier alpha value is -1.29. The number of ketones is 1. The minimum atomic E-state index is 0.0453. The van der Waals surface area contributed by atoms with Gasteiger partial charge < -0.3 is 5.32 Å². The standard InChI is InChI=1S/C15H21NO2S/c1-4-13(5-2)16-15(18)10-19-14-8-6-7-12(9-14)11(3)17/h6-9,13H,4-5,10H2,1-3H3,(H,16,18). The normalized spacial score (nSPS) is 10.5. The smallest absolute Gasteiger partial charge is 0.230 e. The molecule has 0 saturated heterocycles. The molecule has 4 heteroatoms. The lowest BCUT2D eigenvalue weighted by Gasteiger charge is -2.14. The first-order valence-corrected chi connectivity index (χ1v) is 7.58. The number of carbonyl (C=O) groups is 2. The Kier molecular flexibility index (Phi) is 6.64. The summed E-state index contributed by atoms with van der Waals surface area (Å²) >= 11 is 1.46. The van der Waals surface area contributed by atoms with E-state index in [2.05, 4.69) is 19.2 Å². The summed E-state index contributed by atoms with van der Waals surface area (Å²) in [7, 11) is 0. The Morgan fingerprint density at radius 2 is 1.95 bits per heavy atom. The summed E-state index contributed by atoms with van der Waals surface area (Å²) < 4.78 is 0. The fourth-order valence-electron chi connectivity index (χ4n) is 1.72. The van der Waals surface area contributed by atoms with Gasteiger partial charge in [0.25, 0.3) is 0 Å². The van der Waals surface area contributed by atoms with E-state index in [0.717, 1.165) is 17.7 Å². The van der Waals surface area contributed by atoms with Crippen molar-refractivity contribution >= 4 is 23.5 Å². The molecule has 0 aliphatic heterocycles. The number of thioether (sulfide) groups is 1. The number of nitrogens with one attached hydrogen (secondary N) is 1. The average Bonchev–Trinajstić information content (AvgIpc) is 2.42. The maximum atomic E-state index is 11.8. The van der Waals surface area contributed by atoms with E-state index in [-0.39, 0.29) is 17.7 Å². The van der Waals surface area contributed by atoms with Crippen molar-refractivity contribution in [3.8, 4) is 0 Å². The molecule has 0 radical (unpaired) electrons. The Bertz CT molecular complexity index is 442. The van der Waals surface area contributed by atoms with Crippen LogP contribution >= 0.6 is 11.8 Å². The number of Topliss-reactive ketones (excluding diaryl/α,β-unsaturated/α-hetero) is 1. The van der Waals surface area contributed by atoms with E-state index in [4.69, 9.17) is 0 Å². The summed E-state index contributed by atoms with van der Waals surface area (Å²) in [5.74, 6) is 0.480. The SMILES string of the molecule is CCC(CC)NC(=O)CSc1cccc(C(C)=O)c1. The molecule has 0 atom stereocenters. The molecule has 3 nitrogen and oxygen atoms in total. The first kappa shape index (κ1) is 15.8. The lowest BCUT2D eigenvalue weighted by molar-refractivity contribution is -0.119. The van der Waals surface area contributed by atoms with Crippen LogP contribution < -0.4 is 5.32 Å². The molecule has 1 rings (SSSR count). The molecule has 0 unspecified atom stereocenters. The maximum absolute atomic E-state index is 11.8. The molecule has 1 N–H and O–H groups in total. The molecular weight excluding hydrogens is 258 g/mol. The molecule has 19 heavy (non-hydrogen) atoms. The van der Waals surface area contributed by atoms with Gasteiger partial charge in [-0.1, -0.05) is 26.0 Å². The summed E-state index contributed by atoms with van der Waals surface area (Å²) in [6.07, 6.45) is 1.90. The van der Waals surface area contributed by atoms with Crippen molar-refractivity contribution in [2.24, 2.45) is 0 Å². The highest BCUT2D eigenvalue weighted by Crippen LogP contribution is 2.19. The van der Waals surface area contributed by atoms with E-state index in [9.17, 15) is 9.59 Å². The predicted octanol–water partition coefficient (Wildman–Crippen LogP) is 3.29. The second-order valence-corrected chi connectivity index (χ2v) is 5.50. The molecule has 0 aliphatic carbocycles. The fraction of sp³-hybridized carbons (Fsp3) is 0.467. The van der Waals surface area contributed by atoms with Gasteiger partial charge in [-0.15, -0.1) is 11.8 Å². The van der Waals surface area contributed by atoms with Crippen LogP contribution in [-0.4, -0.2) is 23.5 Å². The number of hydrogen-bond acceptors (Lipinski definition) is 3. The first-order chi connectivity index (χ1) is 9.06. The minimum Gasteiger partial charge on any atom is -0.353 e. The van der Waals surface area contributed by atoms with Crippen LogP contribution in [0.5, 0.6) is 0 Å². The highest BCUT2D eigenvalue weighted by Gasteiger charge is 2.09. The van der Waals surface area contributed by atoms with Crippen molar-refractivity contribution in [3.63, 3.8) is 0 Å². The molecule has 0 spiro atoms. The molecule has 0 bridgehead atoms. The summed E-state index contributed by atoms with van der Waals surface area (Å²) in [6, 6.07) is 7.64. The second kappa shape index (κ2) is 8.00. The van der Waals surface area contributed by atoms with Gasteiger partial charge in [0, 0.05) is 16.5 Å². The zero-order valence-electron chi connectivity index (χ0n) is 11.7. The first-order valence-electron chi connectivity index (χ1n) is 6.60. The van der Waals surface area contributed by atoms with Gasteiger partial charge in [0.05, 0.1) is 5.75 Å². The minimum absolute atomic E-state index is 0.0453. The number of rotatable bonds is 7. The molecule has 0 aliphatic rings. The van der Waals surface area contributed by atoms with Gasteiger partial charge in [-0.05, 0) is 31.9 Å². The van der Waals surface area contributed by atoms with Crippen LogP contribution in [0.2, 0.25) is 0 Å². The zero-order valence-corrected chi connectivity index (χ0v) is 12.5. The van der Waals surface area contributed by atoms with Gasteiger partial charge in [0.15, 0.2) is 5.78 Å². The molecule has 1 aromatic rings. The summed E-state index contributed by atoms with van der Waals surface area (Å²) in [4.78, 5) is 24.0. The van der Waals surface area contributed by atoms with E-state index < -0.39 is 0 Å². The van der Waals surface area contributed by atoms with Gasteiger partial charge in [-0.2, -0.15) is 0 Å². The third kappa shape index (κ3) is 5.47. The number of amides is 1. The van der Waals surface area contributed by atoms with Crippen LogP contribution in [0.4, 0.5) is 0 Å². The molecule has 0 fully saturated rings. The van der Waals surface area contributed by atoms with Crippen LogP contribution in [0.25, 0.3) is 0 Å². The van der Waals surface area contributed by atoms with Crippen molar-refractivity contribution in [2.45, 2.75) is 44.6 Å². The molecule has 1 aromatic carbocycles. The lowest BCUT2D eigenvalue weighted by Crippen LogP contribution is -2.34. The van der Waals surface area contributed by atoms with Gasteiger partial charge in [0.2, 0.25) is 5.91 Å². The quantitative estimate of drug-likeness (QED) is 0.615. The zero-order chi connectivity index (χ0) is 14.3. The van der Waals surface area contributed by atoms with Crippen LogP contribution in [0, 0.1) is 0 Å². The van der Waals surface area contributed by atoms with E-state index in [1.807, 2.05) is 18.2 Å². The van der Waals surface area contributed by atoms with Gasteiger partial charge in [-0.3, -0.25) is 9.59 Å². The maximum Gasteiger partial charge on any atom is 0.230 e. The molecule has 0 aromatic heterocycles. The Labute approximate surface area is 119 Å². The van der Waals surface area contributed by atoms with E-state index in [1.165, 1.54) is 11.8 Å². The molecule has 0 heterocycles. The van der Waals surface area contributed by atoms with Crippen molar-refractivity contribution in [1.29, 1.82) is 0 Å². The third-order valence-corrected chi connectivity index (χ3v) is 3.95. The molecular formula is C15H21NO2S. The fourth-order valence-corrected chi connectivity index (χ4v) is 2.48. The topological polar surface area (TPSA) is 46.2 Å². The Morgan fingerprint density at radius 3 is 2.53 bits per heavy atom. The second-order valence-electron chi connectivity index (χ2n) is 4.45. The third-order valence-electron chi connectivity index (χ3n) is 2.96. The largest absolute Gasteiger partial charge is 0.353 e. The molecule has 104 valence electrons. The highest BCUT2D eigenvalue weighted by atomic mass is 32.2. The van der Waals surface area contributed by atoms with Crippen molar-refractivity contribution in [1.82, 2.24) is 5.32 Å². The summed E-state index contributed by atoms with van der Waals surface area (Å²) in [5.41, 5.74) is 0.686. The predicted molar refractivity (Wildman–Crippen MR) is 79.7 cm³/mol. The lowest BCUT2D eigenvalue weighted by atomic mass is 10.2. The highest BCUT2D eigenvalue weighted by molar-refractivity contribution is 8.00. The molecule has 1 amide bonds. The van der Waals surface area contributed by atoms with Gasteiger partial charge >= 0.3 is 0 Å². The van der Waals surface area contributed by atoms with Gasteiger partial charge in [0.1, 0.15) is 0 Å². The van der Waals surface area contributed by atoms with Crippen LogP contribution in [0.1, 0.15) is 44.0 Å². The number of benzene rings is 1. The number of hydrogen-bond donors (Lipinski definition) is 1. The van der Waals surface area contributed by atoms with Crippen LogP contribution in [0.15, 0.2) is 29.2 Å². The van der Waals surface area contributed by atoms with Crippen LogP contribution in [-0.2, 0) is 4.79 Å². The Morgan fingerprint density at radius 1 is 1.26 bits per heavy atom.